The van der Waals surface area contributed by atoms with E-state index < -0.39 is 35.9 Å². The lowest BCUT2D eigenvalue weighted by molar-refractivity contribution is -0.143. The van der Waals surface area contributed by atoms with Gasteiger partial charge in [-0.25, -0.2) is 4.79 Å². The molecule has 3 N–H and O–H groups in total. The van der Waals surface area contributed by atoms with E-state index >= 15 is 0 Å². The average molecular weight is 434 g/mol. The van der Waals surface area contributed by atoms with Gasteiger partial charge in [-0.3, -0.25) is 14.4 Å². The van der Waals surface area contributed by atoms with E-state index in [0.717, 1.165) is 5.56 Å². The van der Waals surface area contributed by atoms with E-state index in [9.17, 15) is 24.3 Å². The van der Waals surface area contributed by atoms with Gasteiger partial charge in [-0.05, 0) is 23.5 Å². The molecule has 8 nitrogen and oxygen atoms in total. The Kier molecular flexibility index (Phi) is 6.40. The molecule has 1 aromatic carbocycles. The van der Waals surface area contributed by atoms with Crippen LogP contribution in [0.3, 0.4) is 0 Å². The Morgan fingerprint density at radius 2 is 1.70 bits per heavy atom. The Balaban J connectivity index is 1.73. The molecule has 1 saturated heterocycles. The normalized spacial score (nSPS) is 21.9. The van der Waals surface area contributed by atoms with Crippen molar-refractivity contribution in [1.29, 1.82) is 0 Å². The van der Waals surface area contributed by atoms with E-state index in [2.05, 4.69) is 10.6 Å². The zero-order valence-corrected chi connectivity index (χ0v) is 18.2. The number of hydrogen-bond acceptors (Lipinski definition) is 5. The zero-order chi connectivity index (χ0) is 22.2. The van der Waals surface area contributed by atoms with E-state index in [0.29, 0.717) is 11.3 Å². The molecular formula is C21H27N3O5S. The number of benzene rings is 1. The fourth-order valence-electron chi connectivity index (χ4n) is 3.78. The van der Waals surface area contributed by atoms with Crippen LogP contribution < -0.4 is 10.6 Å². The van der Waals surface area contributed by atoms with E-state index in [4.69, 9.17) is 0 Å². The Hall–Kier alpha value is -2.55. The third-order valence-electron chi connectivity index (χ3n) is 5.47. The fraction of sp³-hybridized carbons (Fsp3) is 0.524. The quantitative estimate of drug-likeness (QED) is 0.602. The molecule has 0 saturated carbocycles. The van der Waals surface area contributed by atoms with Crippen molar-refractivity contribution >= 4 is 35.5 Å². The predicted octanol–water partition coefficient (Wildman–Crippen LogP) is 1.62. The van der Waals surface area contributed by atoms with Crippen LogP contribution in [-0.4, -0.2) is 57.6 Å². The summed E-state index contributed by atoms with van der Waals surface area (Å²) in [5, 5.41) is 14.4. The van der Waals surface area contributed by atoms with Gasteiger partial charge in [0.1, 0.15) is 23.5 Å². The number of carbonyl (C=O) groups excluding carboxylic acids is 3. The van der Waals surface area contributed by atoms with Crippen LogP contribution >= 0.6 is 11.8 Å². The molecule has 9 heteroatoms. The van der Waals surface area contributed by atoms with Gasteiger partial charge in [-0.15, -0.1) is 11.8 Å². The van der Waals surface area contributed by atoms with Crippen molar-refractivity contribution in [3.63, 3.8) is 0 Å². The molecule has 0 aromatic heterocycles. The topological polar surface area (TPSA) is 116 Å². The maximum atomic E-state index is 13.0. The second kappa shape index (κ2) is 8.67. The number of hydrogen-bond donors (Lipinski definition) is 3. The molecule has 1 fully saturated rings. The summed E-state index contributed by atoms with van der Waals surface area (Å²) in [5.74, 6) is -2.38. The van der Waals surface area contributed by atoms with E-state index in [1.165, 1.54) is 11.8 Å². The third kappa shape index (κ3) is 4.03. The fourth-order valence-corrected chi connectivity index (χ4v) is 5.25. The van der Waals surface area contributed by atoms with Gasteiger partial charge < -0.3 is 20.6 Å². The molecule has 0 bridgehead atoms. The molecule has 2 aliphatic rings. The molecule has 162 valence electrons. The minimum Gasteiger partial charge on any atom is -0.480 e. The highest BCUT2D eigenvalue weighted by molar-refractivity contribution is 7.99. The van der Waals surface area contributed by atoms with Gasteiger partial charge in [0, 0.05) is 11.3 Å². The Labute approximate surface area is 179 Å². The Morgan fingerprint density at radius 1 is 1.07 bits per heavy atom. The smallest absolute Gasteiger partial charge is 0.326 e. The second-order valence-electron chi connectivity index (χ2n) is 8.30. The van der Waals surface area contributed by atoms with Crippen LogP contribution in [0.15, 0.2) is 24.3 Å². The summed E-state index contributed by atoms with van der Waals surface area (Å²) in [7, 11) is 0. The molecule has 2 aliphatic heterocycles. The standard InChI is InChI=1S/C21H27N3O5S/c1-10(2)15(18(26)23-16(11(3)4)21(28)29)22-17(25)14-9-30-20-13-8-6-5-7-12(13)19(27)24(14)20/h5-8,10-11,14-16,20H,9H2,1-4H3,(H,22,25)(H,23,26)(H,28,29). The maximum absolute atomic E-state index is 13.0. The van der Waals surface area contributed by atoms with E-state index in [-0.39, 0.29) is 23.1 Å². The van der Waals surface area contributed by atoms with Gasteiger partial charge in [-0.2, -0.15) is 0 Å². The van der Waals surface area contributed by atoms with E-state index in [1.54, 1.807) is 44.7 Å². The van der Waals surface area contributed by atoms with Crippen LogP contribution in [0.25, 0.3) is 0 Å². The highest BCUT2D eigenvalue weighted by Crippen LogP contribution is 2.48. The molecule has 4 unspecified atom stereocenters. The van der Waals surface area contributed by atoms with Gasteiger partial charge in [0.25, 0.3) is 5.91 Å². The number of carboxylic acid groups (broad SMARTS) is 1. The average Bonchev–Trinajstić information content (AvgIpc) is 3.23. The number of rotatable bonds is 7. The first-order valence-electron chi connectivity index (χ1n) is 10.00. The number of aliphatic carboxylic acids is 1. The van der Waals surface area contributed by atoms with Crippen LogP contribution in [0.4, 0.5) is 0 Å². The lowest BCUT2D eigenvalue weighted by atomic mass is 10.00. The van der Waals surface area contributed by atoms with Crippen molar-refractivity contribution in [2.75, 3.05) is 5.75 Å². The number of nitrogens with one attached hydrogen (secondary N) is 2. The lowest BCUT2D eigenvalue weighted by Gasteiger charge is -2.28. The summed E-state index contributed by atoms with van der Waals surface area (Å²) in [6.07, 6.45) is 0. The van der Waals surface area contributed by atoms with Gasteiger partial charge in [0.2, 0.25) is 11.8 Å². The molecule has 2 heterocycles. The van der Waals surface area contributed by atoms with Crippen molar-refractivity contribution < 1.29 is 24.3 Å². The van der Waals surface area contributed by atoms with Crippen LogP contribution in [0.5, 0.6) is 0 Å². The van der Waals surface area contributed by atoms with E-state index in [1.807, 2.05) is 12.1 Å². The summed E-state index contributed by atoms with van der Waals surface area (Å²) >= 11 is 1.52. The summed E-state index contributed by atoms with van der Waals surface area (Å²) < 4.78 is 0. The first-order valence-corrected chi connectivity index (χ1v) is 11.0. The van der Waals surface area contributed by atoms with Crippen molar-refractivity contribution in [3.05, 3.63) is 35.4 Å². The SMILES string of the molecule is CC(C)C(NC(=O)C(NC(=O)C1CSC2c3ccccc3C(=O)N12)C(C)C)C(=O)O. The van der Waals surface area contributed by atoms with Crippen LogP contribution in [0.2, 0.25) is 0 Å². The number of thioether (sulfide) groups is 1. The van der Waals surface area contributed by atoms with Crippen molar-refractivity contribution in [2.24, 2.45) is 11.8 Å². The predicted molar refractivity (Wildman–Crippen MR) is 113 cm³/mol. The summed E-state index contributed by atoms with van der Waals surface area (Å²) in [5.41, 5.74) is 1.51. The molecule has 0 aliphatic carbocycles. The molecule has 3 amide bonds. The number of carboxylic acids is 1. The first-order chi connectivity index (χ1) is 14.1. The molecule has 3 rings (SSSR count). The minimum atomic E-state index is -1.12. The molecule has 0 radical (unpaired) electrons. The summed E-state index contributed by atoms with van der Waals surface area (Å²) in [6.45, 7) is 6.96. The summed E-state index contributed by atoms with van der Waals surface area (Å²) in [6, 6.07) is 4.69. The first kappa shape index (κ1) is 22.1. The second-order valence-corrected chi connectivity index (χ2v) is 9.41. The maximum Gasteiger partial charge on any atom is 0.326 e. The molecule has 30 heavy (non-hydrogen) atoms. The van der Waals surface area contributed by atoms with Crippen molar-refractivity contribution in [1.82, 2.24) is 15.5 Å². The van der Waals surface area contributed by atoms with Crippen molar-refractivity contribution in [2.45, 2.75) is 51.2 Å². The third-order valence-corrected chi connectivity index (χ3v) is 6.78. The van der Waals surface area contributed by atoms with Gasteiger partial charge >= 0.3 is 5.97 Å². The minimum absolute atomic E-state index is 0.183. The van der Waals surface area contributed by atoms with Gasteiger partial charge in [-0.1, -0.05) is 45.9 Å². The zero-order valence-electron chi connectivity index (χ0n) is 17.4. The molecule has 1 aromatic rings. The van der Waals surface area contributed by atoms with Crippen LogP contribution in [0, 0.1) is 11.8 Å². The molecule has 4 atom stereocenters. The molecular weight excluding hydrogens is 406 g/mol. The number of nitrogens with zero attached hydrogens (tertiary/aromatic N) is 1. The Morgan fingerprint density at radius 3 is 2.30 bits per heavy atom. The number of amides is 3. The van der Waals surface area contributed by atoms with Crippen LogP contribution in [-0.2, 0) is 14.4 Å². The number of fused-ring (bicyclic) bond motifs is 3. The van der Waals surface area contributed by atoms with Gasteiger partial charge in [0.15, 0.2) is 0 Å². The summed E-state index contributed by atoms with van der Waals surface area (Å²) in [4.78, 5) is 51.6. The number of carbonyl (C=O) groups is 4. The van der Waals surface area contributed by atoms with Crippen molar-refractivity contribution in [3.8, 4) is 0 Å². The lowest BCUT2D eigenvalue weighted by Crippen LogP contribution is -2.57. The molecule has 0 spiro atoms. The highest BCUT2D eigenvalue weighted by Gasteiger charge is 2.48. The largest absolute Gasteiger partial charge is 0.480 e. The monoisotopic (exact) mass is 433 g/mol. The Bertz CT molecular complexity index is 872. The highest BCUT2D eigenvalue weighted by atomic mass is 32.2. The van der Waals surface area contributed by atoms with Crippen LogP contribution in [0.1, 0.15) is 49.0 Å². The van der Waals surface area contributed by atoms with Gasteiger partial charge in [0.05, 0.1) is 0 Å².